The lowest BCUT2D eigenvalue weighted by atomic mass is 10.2. The largest absolute Gasteiger partial charge is 0.291 e. The van der Waals surface area contributed by atoms with Gasteiger partial charge in [0.15, 0.2) is 5.78 Å². The Labute approximate surface area is 108 Å². The first-order valence-electron chi connectivity index (χ1n) is 5.10. The molecule has 2 heterocycles. The van der Waals surface area contributed by atoms with E-state index in [1.54, 1.807) is 11.6 Å². The molecule has 17 heavy (non-hydrogen) atoms. The Morgan fingerprint density at radius 3 is 2.88 bits per heavy atom. The minimum atomic E-state index is -0.154. The van der Waals surface area contributed by atoms with E-state index in [0.29, 0.717) is 5.69 Å². The van der Waals surface area contributed by atoms with Crippen molar-refractivity contribution in [2.24, 2.45) is 0 Å². The standard InChI is InChI=1S/C12H11ClN2OS/c1-7-3-8(2)11(14-5-7)12-15-9(6-17-12)10(16)4-13/h3,5-6H,4H2,1-2H3. The van der Waals surface area contributed by atoms with Gasteiger partial charge in [-0.2, -0.15) is 0 Å². The predicted molar refractivity (Wildman–Crippen MR) is 69.9 cm³/mol. The number of ketones is 1. The number of aryl methyl sites for hydroxylation is 2. The minimum Gasteiger partial charge on any atom is -0.291 e. The van der Waals surface area contributed by atoms with Crippen LogP contribution in [0.1, 0.15) is 21.6 Å². The summed E-state index contributed by atoms with van der Waals surface area (Å²) in [7, 11) is 0. The van der Waals surface area contributed by atoms with Crippen molar-refractivity contribution in [3.05, 3.63) is 34.5 Å². The number of halogens is 1. The van der Waals surface area contributed by atoms with Gasteiger partial charge in [0, 0.05) is 11.6 Å². The topological polar surface area (TPSA) is 42.9 Å². The van der Waals surface area contributed by atoms with Crippen LogP contribution in [0.2, 0.25) is 0 Å². The Kier molecular flexibility index (Phi) is 3.54. The molecule has 0 radical (unpaired) electrons. The van der Waals surface area contributed by atoms with E-state index in [9.17, 15) is 4.79 Å². The molecule has 0 aliphatic rings. The molecule has 88 valence electrons. The molecule has 3 nitrogen and oxygen atoms in total. The van der Waals surface area contributed by atoms with Crippen LogP contribution in [0.15, 0.2) is 17.6 Å². The predicted octanol–water partition coefficient (Wildman–Crippen LogP) is 3.24. The molecule has 0 bridgehead atoms. The van der Waals surface area contributed by atoms with Gasteiger partial charge in [-0.25, -0.2) is 4.98 Å². The summed E-state index contributed by atoms with van der Waals surface area (Å²) in [4.78, 5) is 20.0. The zero-order valence-electron chi connectivity index (χ0n) is 9.53. The highest BCUT2D eigenvalue weighted by Crippen LogP contribution is 2.25. The zero-order valence-corrected chi connectivity index (χ0v) is 11.1. The van der Waals surface area contributed by atoms with Gasteiger partial charge < -0.3 is 0 Å². The number of hydrogen-bond acceptors (Lipinski definition) is 4. The second-order valence-electron chi connectivity index (χ2n) is 3.77. The van der Waals surface area contributed by atoms with Crippen molar-refractivity contribution < 1.29 is 4.79 Å². The molecule has 2 aromatic heterocycles. The van der Waals surface area contributed by atoms with Crippen LogP contribution < -0.4 is 0 Å². The highest BCUT2D eigenvalue weighted by molar-refractivity contribution is 7.13. The molecular formula is C12H11ClN2OS. The summed E-state index contributed by atoms with van der Waals surface area (Å²) < 4.78 is 0. The molecule has 0 fully saturated rings. The van der Waals surface area contributed by atoms with Crippen LogP contribution in [0.5, 0.6) is 0 Å². The molecule has 0 amide bonds. The van der Waals surface area contributed by atoms with E-state index in [2.05, 4.69) is 9.97 Å². The molecule has 0 saturated heterocycles. The molecule has 0 atom stereocenters. The number of pyridine rings is 1. The van der Waals surface area contributed by atoms with E-state index in [-0.39, 0.29) is 11.7 Å². The second-order valence-corrected chi connectivity index (χ2v) is 4.90. The van der Waals surface area contributed by atoms with E-state index in [0.717, 1.165) is 21.8 Å². The van der Waals surface area contributed by atoms with Crippen molar-refractivity contribution in [3.63, 3.8) is 0 Å². The fraction of sp³-hybridized carbons (Fsp3) is 0.250. The Balaban J connectivity index is 2.40. The monoisotopic (exact) mass is 266 g/mol. The fourth-order valence-corrected chi connectivity index (χ4v) is 2.54. The Morgan fingerprint density at radius 1 is 1.47 bits per heavy atom. The maximum absolute atomic E-state index is 11.4. The van der Waals surface area contributed by atoms with Crippen LogP contribution in [0, 0.1) is 13.8 Å². The van der Waals surface area contributed by atoms with Crippen molar-refractivity contribution in [2.45, 2.75) is 13.8 Å². The zero-order chi connectivity index (χ0) is 12.4. The minimum absolute atomic E-state index is 0.0382. The quantitative estimate of drug-likeness (QED) is 0.633. The first kappa shape index (κ1) is 12.2. The number of aromatic nitrogens is 2. The van der Waals surface area contributed by atoms with E-state index >= 15 is 0 Å². The number of carbonyl (C=O) groups is 1. The maximum atomic E-state index is 11.4. The number of rotatable bonds is 3. The van der Waals surface area contributed by atoms with E-state index < -0.39 is 0 Å². The molecule has 0 aliphatic carbocycles. The lowest BCUT2D eigenvalue weighted by Crippen LogP contribution is -2.00. The summed E-state index contributed by atoms with van der Waals surface area (Å²) in [6.45, 7) is 3.98. The van der Waals surface area contributed by atoms with E-state index in [1.165, 1.54) is 11.3 Å². The lowest BCUT2D eigenvalue weighted by molar-refractivity contribution is 0.101. The van der Waals surface area contributed by atoms with Crippen LogP contribution in [0.25, 0.3) is 10.7 Å². The molecule has 0 aliphatic heterocycles. The van der Waals surface area contributed by atoms with Crippen molar-refractivity contribution in [1.82, 2.24) is 9.97 Å². The Morgan fingerprint density at radius 2 is 2.24 bits per heavy atom. The second kappa shape index (κ2) is 4.94. The number of thiazole rings is 1. The molecule has 5 heteroatoms. The molecule has 2 rings (SSSR count). The molecule has 0 N–H and O–H groups in total. The maximum Gasteiger partial charge on any atom is 0.196 e. The van der Waals surface area contributed by atoms with Crippen molar-refractivity contribution >= 4 is 28.7 Å². The smallest absolute Gasteiger partial charge is 0.196 e. The average Bonchev–Trinajstić information content (AvgIpc) is 2.77. The summed E-state index contributed by atoms with van der Waals surface area (Å²) in [6.07, 6.45) is 1.80. The SMILES string of the molecule is Cc1cnc(-c2nc(C(=O)CCl)cs2)c(C)c1. The van der Waals surface area contributed by atoms with Crippen molar-refractivity contribution in [2.75, 3.05) is 5.88 Å². The number of carbonyl (C=O) groups excluding carboxylic acids is 1. The van der Waals surface area contributed by atoms with Crippen LogP contribution in [0.4, 0.5) is 0 Å². The molecule has 0 unspecified atom stereocenters. The molecule has 0 spiro atoms. The average molecular weight is 267 g/mol. The van der Waals surface area contributed by atoms with Gasteiger partial charge in [-0.05, 0) is 25.0 Å². The third kappa shape index (κ3) is 2.53. The van der Waals surface area contributed by atoms with Gasteiger partial charge in [-0.1, -0.05) is 6.07 Å². The molecule has 2 aromatic rings. The first-order valence-corrected chi connectivity index (χ1v) is 6.51. The van der Waals surface area contributed by atoms with Crippen LogP contribution in [-0.4, -0.2) is 21.6 Å². The highest BCUT2D eigenvalue weighted by Gasteiger charge is 2.13. The van der Waals surface area contributed by atoms with Gasteiger partial charge in [0.05, 0.1) is 5.88 Å². The van der Waals surface area contributed by atoms with Gasteiger partial charge in [0.25, 0.3) is 0 Å². The van der Waals surface area contributed by atoms with Gasteiger partial charge >= 0.3 is 0 Å². The number of alkyl halides is 1. The normalized spacial score (nSPS) is 10.5. The summed E-state index contributed by atoms with van der Waals surface area (Å²) in [5, 5.41) is 2.48. The van der Waals surface area contributed by atoms with Crippen LogP contribution in [0.3, 0.4) is 0 Å². The van der Waals surface area contributed by atoms with Gasteiger partial charge in [-0.15, -0.1) is 22.9 Å². The van der Waals surface area contributed by atoms with Crippen LogP contribution in [-0.2, 0) is 0 Å². The van der Waals surface area contributed by atoms with Crippen molar-refractivity contribution in [3.8, 4) is 10.7 Å². The molecule has 0 saturated carbocycles. The number of Topliss-reactive ketones (excluding diaryl/α,β-unsaturated/α-hetero) is 1. The molecule has 0 aromatic carbocycles. The van der Waals surface area contributed by atoms with Crippen molar-refractivity contribution in [1.29, 1.82) is 0 Å². The lowest BCUT2D eigenvalue weighted by Gasteiger charge is -2.01. The number of nitrogens with zero attached hydrogens (tertiary/aromatic N) is 2. The Bertz CT molecular complexity index is 565. The summed E-state index contributed by atoms with van der Waals surface area (Å²) in [5.41, 5.74) is 3.42. The van der Waals surface area contributed by atoms with E-state index in [1.807, 2.05) is 19.9 Å². The summed E-state index contributed by atoms with van der Waals surface area (Å²) in [5.74, 6) is -0.192. The molecular weight excluding hydrogens is 256 g/mol. The third-order valence-corrected chi connectivity index (χ3v) is 3.42. The van der Waals surface area contributed by atoms with Gasteiger partial charge in [0.2, 0.25) is 0 Å². The fourth-order valence-electron chi connectivity index (χ4n) is 1.52. The number of hydrogen-bond donors (Lipinski definition) is 0. The highest BCUT2D eigenvalue weighted by atomic mass is 35.5. The summed E-state index contributed by atoms with van der Waals surface area (Å²) >= 11 is 6.91. The summed E-state index contributed by atoms with van der Waals surface area (Å²) in [6, 6.07) is 2.05. The van der Waals surface area contributed by atoms with E-state index in [4.69, 9.17) is 11.6 Å². The Hall–Kier alpha value is -1.26. The van der Waals surface area contributed by atoms with Gasteiger partial charge in [0.1, 0.15) is 16.4 Å². The van der Waals surface area contributed by atoms with Crippen LogP contribution >= 0.6 is 22.9 Å². The third-order valence-electron chi connectivity index (χ3n) is 2.33. The first-order chi connectivity index (χ1) is 8.11. The van der Waals surface area contributed by atoms with Gasteiger partial charge in [-0.3, -0.25) is 9.78 Å².